The lowest BCUT2D eigenvalue weighted by Crippen LogP contribution is -2.36. The lowest BCUT2D eigenvalue weighted by molar-refractivity contribution is -0.0507. The predicted molar refractivity (Wildman–Crippen MR) is 77.1 cm³/mol. The standard InChI is InChI=1S/C14H19N3O5/c1-2-3-4-5-6-9-13(20)15-14(21)17(16-9)12-7-10(19)11(8-18)22-12/h10-12,18-19H,2-4,7-8H2,1H3,(H,15,20,21)/t10-,11+,12+/m0/s1. The van der Waals surface area contributed by atoms with E-state index < -0.39 is 29.7 Å². The first-order chi connectivity index (χ1) is 10.6. The van der Waals surface area contributed by atoms with Gasteiger partial charge in [0.1, 0.15) is 6.10 Å². The minimum Gasteiger partial charge on any atom is -0.394 e. The lowest BCUT2D eigenvalue weighted by atomic mass is 10.2. The van der Waals surface area contributed by atoms with Gasteiger partial charge in [-0.15, -0.1) is 0 Å². The van der Waals surface area contributed by atoms with E-state index in [0.717, 1.165) is 17.5 Å². The third-order valence-electron chi connectivity index (χ3n) is 3.37. The minimum absolute atomic E-state index is 0.0683. The molecule has 1 saturated heterocycles. The molecule has 3 atom stereocenters. The molecular weight excluding hydrogens is 290 g/mol. The number of hydrogen-bond donors (Lipinski definition) is 3. The maximum Gasteiger partial charge on any atom is 0.347 e. The number of rotatable bonds is 4. The van der Waals surface area contributed by atoms with E-state index in [1.54, 1.807) is 0 Å². The lowest BCUT2D eigenvalue weighted by Gasteiger charge is -2.12. The number of H-pyrrole nitrogens is 1. The zero-order chi connectivity index (χ0) is 16.1. The van der Waals surface area contributed by atoms with Crippen LogP contribution in [-0.2, 0) is 4.74 Å². The van der Waals surface area contributed by atoms with Crippen molar-refractivity contribution in [3.8, 4) is 11.8 Å². The average Bonchev–Trinajstić information content (AvgIpc) is 2.86. The maximum absolute atomic E-state index is 11.8. The van der Waals surface area contributed by atoms with Crippen LogP contribution in [0, 0.1) is 11.8 Å². The first kappa shape index (κ1) is 16.4. The summed E-state index contributed by atoms with van der Waals surface area (Å²) < 4.78 is 6.31. The summed E-state index contributed by atoms with van der Waals surface area (Å²) in [6.45, 7) is 1.67. The molecule has 0 amide bonds. The molecule has 2 rings (SSSR count). The van der Waals surface area contributed by atoms with Gasteiger partial charge in [0, 0.05) is 12.8 Å². The monoisotopic (exact) mass is 309 g/mol. The Labute approximate surface area is 126 Å². The van der Waals surface area contributed by atoms with Gasteiger partial charge in [-0.2, -0.15) is 9.78 Å². The first-order valence-corrected chi connectivity index (χ1v) is 7.23. The molecule has 0 spiro atoms. The van der Waals surface area contributed by atoms with Crippen molar-refractivity contribution in [1.82, 2.24) is 14.8 Å². The second kappa shape index (κ2) is 7.35. The molecule has 1 fully saturated rings. The van der Waals surface area contributed by atoms with E-state index in [9.17, 15) is 14.7 Å². The Bertz CT molecular complexity index is 684. The van der Waals surface area contributed by atoms with E-state index in [0.29, 0.717) is 6.42 Å². The number of nitrogens with zero attached hydrogens (tertiary/aromatic N) is 2. The molecule has 1 aliphatic heterocycles. The summed E-state index contributed by atoms with van der Waals surface area (Å²) >= 11 is 0. The molecule has 0 unspecified atom stereocenters. The van der Waals surface area contributed by atoms with Gasteiger partial charge in [0.2, 0.25) is 0 Å². The molecule has 120 valence electrons. The van der Waals surface area contributed by atoms with Crippen LogP contribution in [0.25, 0.3) is 0 Å². The summed E-state index contributed by atoms with van der Waals surface area (Å²) in [5.74, 6) is 5.47. The molecule has 0 saturated carbocycles. The van der Waals surface area contributed by atoms with Crippen molar-refractivity contribution in [3.05, 3.63) is 26.5 Å². The summed E-state index contributed by atoms with van der Waals surface area (Å²) in [4.78, 5) is 25.7. The van der Waals surface area contributed by atoms with Gasteiger partial charge < -0.3 is 14.9 Å². The average molecular weight is 309 g/mol. The number of ether oxygens (including phenoxy) is 1. The fraction of sp³-hybridized carbons (Fsp3) is 0.643. The molecule has 8 heteroatoms. The molecule has 0 radical (unpaired) electrons. The number of aliphatic hydroxyl groups is 2. The van der Waals surface area contributed by atoms with Crippen molar-refractivity contribution < 1.29 is 14.9 Å². The maximum atomic E-state index is 11.8. The van der Waals surface area contributed by atoms with E-state index in [-0.39, 0.29) is 18.7 Å². The van der Waals surface area contributed by atoms with E-state index in [2.05, 4.69) is 21.9 Å². The van der Waals surface area contributed by atoms with Crippen LogP contribution < -0.4 is 11.2 Å². The minimum atomic E-state index is -0.894. The second-order valence-corrected chi connectivity index (χ2v) is 5.07. The predicted octanol–water partition coefficient (Wildman–Crippen LogP) is -0.886. The summed E-state index contributed by atoms with van der Waals surface area (Å²) in [6, 6.07) is 0. The molecule has 1 aliphatic rings. The normalized spacial score (nSPS) is 24.0. The van der Waals surface area contributed by atoms with Crippen molar-refractivity contribution >= 4 is 0 Å². The number of aromatic nitrogens is 3. The van der Waals surface area contributed by atoms with Crippen molar-refractivity contribution in [2.24, 2.45) is 0 Å². The smallest absolute Gasteiger partial charge is 0.347 e. The third kappa shape index (κ3) is 3.62. The van der Waals surface area contributed by atoms with Crippen LogP contribution in [0.2, 0.25) is 0 Å². The molecule has 0 aromatic carbocycles. The molecule has 8 nitrogen and oxygen atoms in total. The fourth-order valence-electron chi connectivity index (χ4n) is 2.13. The van der Waals surface area contributed by atoms with Gasteiger partial charge in [-0.3, -0.25) is 9.78 Å². The molecule has 2 heterocycles. The molecule has 0 bridgehead atoms. The van der Waals surface area contributed by atoms with Crippen LogP contribution in [0.15, 0.2) is 9.59 Å². The van der Waals surface area contributed by atoms with Gasteiger partial charge >= 0.3 is 5.69 Å². The molecular formula is C14H19N3O5. The number of hydrogen-bond acceptors (Lipinski definition) is 6. The second-order valence-electron chi connectivity index (χ2n) is 5.07. The Morgan fingerprint density at radius 3 is 2.91 bits per heavy atom. The van der Waals surface area contributed by atoms with Crippen molar-refractivity contribution in [3.63, 3.8) is 0 Å². The molecule has 1 aromatic rings. The largest absolute Gasteiger partial charge is 0.394 e. The van der Waals surface area contributed by atoms with Crippen LogP contribution in [0.5, 0.6) is 0 Å². The van der Waals surface area contributed by atoms with E-state index in [4.69, 9.17) is 9.84 Å². The fourth-order valence-corrected chi connectivity index (χ4v) is 2.13. The van der Waals surface area contributed by atoms with Crippen LogP contribution in [0.1, 0.15) is 44.5 Å². The Balaban J connectivity index is 2.27. The quantitative estimate of drug-likeness (QED) is 0.491. The van der Waals surface area contributed by atoms with Crippen molar-refractivity contribution in [2.75, 3.05) is 6.61 Å². The number of aliphatic hydroxyl groups excluding tert-OH is 2. The van der Waals surface area contributed by atoms with Gasteiger partial charge in [0.05, 0.1) is 12.7 Å². The molecule has 0 aliphatic carbocycles. The van der Waals surface area contributed by atoms with Gasteiger partial charge in [-0.25, -0.2) is 4.79 Å². The molecule has 3 N–H and O–H groups in total. The molecule has 22 heavy (non-hydrogen) atoms. The van der Waals surface area contributed by atoms with E-state index >= 15 is 0 Å². The van der Waals surface area contributed by atoms with Gasteiger partial charge in [0.25, 0.3) is 5.56 Å². The SMILES string of the molecule is CCCCC#Cc1nn([C@H]2C[C@H](O)[C@@H](CO)O2)c(=O)[nH]c1=O. The number of aromatic amines is 1. The van der Waals surface area contributed by atoms with Gasteiger partial charge in [0.15, 0.2) is 11.9 Å². The van der Waals surface area contributed by atoms with E-state index in [1.165, 1.54) is 0 Å². The van der Waals surface area contributed by atoms with Gasteiger partial charge in [-0.05, 0) is 12.3 Å². The highest BCUT2D eigenvalue weighted by Crippen LogP contribution is 2.26. The van der Waals surface area contributed by atoms with Crippen LogP contribution in [0.4, 0.5) is 0 Å². The number of nitrogens with one attached hydrogen (secondary N) is 1. The highest BCUT2D eigenvalue weighted by atomic mass is 16.5. The summed E-state index contributed by atoms with van der Waals surface area (Å²) in [5, 5.41) is 22.7. The van der Waals surface area contributed by atoms with Gasteiger partial charge in [-0.1, -0.05) is 19.3 Å². The molecule has 1 aromatic heterocycles. The highest BCUT2D eigenvalue weighted by Gasteiger charge is 2.35. The Morgan fingerprint density at radius 1 is 1.50 bits per heavy atom. The Hall–Kier alpha value is -1.95. The van der Waals surface area contributed by atoms with E-state index in [1.807, 2.05) is 6.92 Å². The first-order valence-electron chi connectivity index (χ1n) is 7.23. The van der Waals surface area contributed by atoms with Crippen molar-refractivity contribution in [1.29, 1.82) is 0 Å². The van der Waals surface area contributed by atoms with Crippen LogP contribution >= 0.6 is 0 Å². The highest BCUT2D eigenvalue weighted by molar-refractivity contribution is 5.23. The van der Waals surface area contributed by atoms with Crippen LogP contribution in [0.3, 0.4) is 0 Å². The summed E-state index contributed by atoms with van der Waals surface area (Å²) in [5.41, 5.74) is -1.45. The van der Waals surface area contributed by atoms with Crippen LogP contribution in [-0.4, -0.2) is 43.8 Å². The summed E-state index contributed by atoms with van der Waals surface area (Å²) in [6.07, 6.45) is 0.149. The summed E-state index contributed by atoms with van der Waals surface area (Å²) in [7, 11) is 0. The zero-order valence-electron chi connectivity index (χ0n) is 12.3. The third-order valence-corrected chi connectivity index (χ3v) is 3.37. The topological polar surface area (TPSA) is 117 Å². The zero-order valence-corrected chi connectivity index (χ0v) is 12.3. The Kier molecular flexibility index (Phi) is 5.49. The van der Waals surface area contributed by atoms with Crippen molar-refractivity contribution in [2.45, 2.75) is 51.0 Å². The number of unbranched alkanes of at least 4 members (excludes halogenated alkanes) is 2. The Morgan fingerprint density at radius 2 is 2.27 bits per heavy atom.